The summed E-state index contributed by atoms with van der Waals surface area (Å²) in [5.41, 5.74) is -0.188. The van der Waals surface area contributed by atoms with E-state index in [-0.39, 0.29) is 16.7 Å². The lowest BCUT2D eigenvalue weighted by molar-refractivity contribution is 0.625. The highest BCUT2D eigenvalue weighted by Gasteiger charge is 2.12. The van der Waals surface area contributed by atoms with Crippen molar-refractivity contribution in [2.45, 2.75) is 19.9 Å². The Labute approximate surface area is 123 Å². The molecule has 0 saturated heterocycles. The first-order chi connectivity index (χ1) is 9.43. The summed E-state index contributed by atoms with van der Waals surface area (Å²) in [6.45, 7) is 1.76. The second-order valence-electron chi connectivity index (χ2n) is 4.22. The van der Waals surface area contributed by atoms with Gasteiger partial charge in [0.05, 0.1) is 17.1 Å². The van der Waals surface area contributed by atoms with Crippen LogP contribution in [0.15, 0.2) is 27.8 Å². The molecule has 0 aliphatic carbocycles. The molecular formula is C13H11Cl2FN2O2. The Balaban J connectivity index is 2.51. The summed E-state index contributed by atoms with van der Waals surface area (Å²) in [6.07, 6.45) is 0.401. The lowest BCUT2D eigenvalue weighted by Crippen LogP contribution is -2.37. The molecular weight excluding hydrogens is 306 g/mol. The predicted molar refractivity (Wildman–Crippen MR) is 76.2 cm³/mol. The fraction of sp³-hybridized carbons (Fsp3) is 0.231. The number of nitrogens with one attached hydrogen (secondary N) is 1. The Hall–Kier alpha value is -1.59. The van der Waals surface area contributed by atoms with Gasteiger partial charge < -0.3 is 0 Å². The summed E-state index contributed by atoms with van der Waals surface area (Å²) >= 11 is 11.5. The van der Waals surface area contributed by atoms with Crippen molar-refractivity contribution in [1.82, 2.24) is 9.55 Å². The number of rotatable bonds is 3. The standard InChI is InChI=1S/C13H11Cl2FN2O2/c1-2-8-11(15)17-13(20)18(12(8)19)6-7-3-4-10(16)9(14)5-7/h3-5H,2,6H2,1H3,(H,17,20). The minimum atomic E-state index is -0.613. The Kier molecular flexibility index (Phi) is 4.30. The van der Waals surface area contributed by atoms with Crippen LogP contribution in [0.25, 0.3) is 0 Å². The molecule has 1 aromatic carbocycles. The fourth-order valence-corrected chi connectivity index (χ4v) is 2.35. The molecule has 4 nitrogen and oxygen atoms in total. The van der Waals surface area contributed by atoms with Crippen LogP contribution < -0.4 is 11.2 Å². The van der Waals surface area contributed by atoms with Gasteiger partial charge in [-0.2, -0.15) is 0 Å². The zero-order valence-corrected chi connectivity index (χ0v) is 12.1. The quantitative estimate of drug-likeness (QED) is 0.885. The van der Waals surface area contributed by atoms with Gasteiger partial charge in [0.1, 0.15) is 11.0 Å². The molecule has 0 unspecified atom stereocenters. The number of nitrogens with zero attached hydrogens (tertiary/aromatic N) is 1. The summed E-state index contributed by atoms with van der Waals surface area (Å²) < 4.78 is 14.1. The van der Waals surface area contributed by atoms with E-state index in [9.17, 15) is 14.0 Å². The minimum Gasteiger partial charge on any atom is -0.297 e. The van der Waals surface area contributed by atoms with Gasteiger partial charge in [0.2, 0.25) is 0 Å². The largest absolute Gasteiger partial charge is 0.329 e. The molecule has 0 atom stereocenters. The van der Waals surface area contributed by atoms with Gasteiger partial charge >= 0.3 is 5.69 Å². The zero-order chi connectivity index (χ0) is 14.9. The first-order valence-corrected chi connectivity index (χ1v) is 6.65. The number of aromatic nitrogens is 2. The van der Waals surface area contributed by atoms with Crippen LogP contribution in [0.1, 0.15) is 18.1 Å². The van der Waals surface area contributed by atoms with Gasteiger partial charge in [-0.3, -0.25) is 14.3 Å². The molecule has 1 aromatic heterocycles. The SMILES string of the molecule is CCc1c(Cl)[nH]c(=O)n(Cc2ccc(F)c(Cl)c2)c1=O. The number of aromatic amines is 1. The van der Waals surface area contributed by atoms with E-state index in [1.807, 2.05) is 0 Å². The maximum absolute atomic E-state index is 13.1. The minimum absolute atomic E-state index is 0.00165. The first-order valence-electron chi connectivity index (χ1n) is 5.89. The van der Waals surface area contributed by atoms with E-state index < -0.39 is 17.1 Å². The van der Waals surface area contributed by atoms with E-state index in [4.69, 9.17) is 23.2 Å². The number of hydrogen-bond acceptors (Lipinski definition) is 2. The van der Waals surface area contributed by atoms with Crippen LogP contribution in [0.4, 0.5) is 4.39 Å². The molecule has 0 fully saturated rings. The molecule has 0 bridgehead atoms. The van der Waals surface area contributed by atoms with Crippen LogP contribution in [0.3, 0.4) is 0 Å². The molecule has 0 aliphatic heterocycles. The highest BCUT2D eigenvalue weighted by molar-refractivity contribution is 6.30. The molecule has 0 amide bonds. The number of benzene rings is 1. The molecule has 1 heterocycles. The normalized spacial score (nSPS) is 10.8. The Morgan fingerprint density at radius 1 is 1.30 bits per heavy atom. The van der Waals surface area contributed by atoms with Crippen LogP contribution in [0.5, 0.6) is 0 Å². The topological polar surface area (TPSA) is 54.9 Å². The average Bonchev–Trinajstić information content (AvgIpc) is 2.39. The van der Waals surface area contributed by atoms with Gasteiger partial charge in [-0.25, -0.2) is 9.18 Å². The van der Waals surface area contributed by atoms with Gasteiger partial charge in [-0.05, 0) is 24.1 Å². The smallest absolute Gasteiger partial charge is 0.297 e. The third kappa shape index (κ3) is 2.78. The fourth-order valence-electron chi connectivity index (χ4n) is 1.86. The van der Waals surface area contributed by atoms with Crippen LogP contribution in [-0.2, 0) is 13.0 Å². The van der Waals surface area contributed by atoms with E-state index >= 15 is 0 Å². The molecule has 20 heavy (non-hydrogen) atoms. The molecule has 0 aliphatic rings. The number of H-pyrrole nitrogens is 1. The van der Waals surface area contributed by atoms with E-state index in [2.05, 4.69) is 4.98 Å². The molecule has 7 heteroatoms. The Morgan fingerprint density at radius 2 is 2.00 bits per heavy atom. The lowest BCUT2D eigenvalue weighted by Gasteiger charge is -2.08. The summed E-state index contributed by atoms with van der Waals surface area (Å²) in [5.74, 6) is -0.554. The number of hydrogen-bond donors (Lipinski definition) is 1. The molecule has 2 aromatic rings. The van der Waals surface area contributed by atoms with Crippen molar-refractivity contribution in [3.05, 3.63) is 66.2 Å². The third-order valence-electron chi connectivity index (χ3n) is 2.91. The Bertz CT molecular complexity index is 768. The van der Waals surface area contributed by atoms with Crippen molar-refractivity contribution in [3.63, 3.8) is 0 Å². The van der Waals surface area contributed by atoms with Gasteiger partial charge in [0.15, 0.2) is 0 Å². The molecule has 1 N–H and O–H groups in total. The van der Waals surface area contributed by atoms with Crippen LogP contribution in [0, 0.1) is 5.82 Å². The van der Waals surface area contributed by atoms with Crippen LogP contribution >= 0.6 is 23.2 Å². The highest BCUT2D eigenvalue weighted by atomic mass is 35.5. The number of halogens is 3. The summed E-state index contributed by atoms with van der Waals surface area (Å²) in [7, 11) is 0. The predicted octanol–water partition coefficient (Wildman–Crippen LogP) is 2.59. The van der Waals surface area contributed by atoms with Crippen molar-refractivity contribution in [3.8, 4) is 0 Å². The molecule has 0 saturated carbocycles. The van der Waals surface area contributed by atoms with E-state index in [1.54, 1.807) is 6.92 Å². The zero-order valence-electron chi connectivity index (χ0n) is 10.5. The van der Waals surface area contributed by atoms with Gasteiger partial charge in [0.25, 0.3) is 5.56 Å². The summed E-state index contributed by atoms with van der Waals surface area (Å²) in [6, 6.07) is 4.03. The van der Waals surface area contributed by atoms with E-state index in [1.165, 1.54) is 18.2 Å². The molecule has 0 spiro atoms. The maximum Gasteiger partial charge on any atom is 0.329 e. The van der Waals surface area contributed by atoms with Crippen LogP contribution in [-0.4, -0.2) is 9.55 Å². The monoisotopic (exact) mass is 316 g/mol. The first kappa shape index (κ1) is 14.8. The van der Waals surface area contributed by atoms with Gasteiger partial charge in [-0.15, -0.1) is 0 Å². The van der Waals surface area contributed by atoms with Crippen molar-refractivity contribution in [1.29, 1.82) is 0 Å². The van der Waals surface area contributed by atoms with Crippen molar-refractivity contribution in [2.75, 3.05) is 0 Å². The maximum atomic E-state index is 13.1. The second kappa shape index (κ2) is 5.81. The Morgan fingerprint density at radius 3 is 2.60 bits per heavy atom. The van der Waals surface area contributed by atoms with Crippen molar-refractivity contribution in [2.24, 2.45) is 0 Å². The van der Waals surface area contributed by atoms with Crippen molar-refractivity contribution >= 4 is 23.2 Å². The molecule has 106 valence electrons. The lowest BCUT2D eigenvalue weighted by atomic mass is 10.2. The highest BCUT2D eigenvalue weighted by Crippen LogP contribution is 2.16. The van der Waals surface area contributed by atoms with E-state index in [0.29, 0.717) is 17.5 Å². The summed E-state index contributed by atoms with van der Waals surface area (Å²) in [4.78, 5) is 26.4. The van der Waals surface area contributed by atoms with E-state index in [0.717, 1.165) is 4.57 Å². The molecule has 0 radical (unpaired) electrons. The molecule has 2 rings (SSSR count). The van der Waals surface area contributed by atoms with Crippen LogP contribution in [0.2, 0.25) is 10.2 Å². The van der Waals surface area contributed by atoms with Crippen molar-refractivity contribution < 1.29 is 4.39 Å². The third-order valence-corrected chi connectivity index (χ3v) is 3.52. The van der Waals surface area contributed by atoms with Gasteiger partial charge in [0, 0.05) is 0 Å². The average molecular weight is 317 g/mol. The van der Waals surface area contributed by atoms with Gasteiger partial charge in [-0.1, -0.05) is 36.2 Å². The second-order valence-corrected chi connectivity index (χ2v) is 5.00. The summed E-state index contributed by atoms with van der Waals surface area (Å²) in [5, 5.41) is -0.00690.